The van der Waals surface area contributed by atoms with Crippen molar-refractivity contribution in [2.75, 3.05) is 20.1 Å². The number of benzene rings is 1. The Morgan fingerprint density at radius 1 is 1.35 bits per heavy atom. The van der Waals surface area contributed by atoms with E-state index in [1.54, 1.807) is 18.0 Å². The molecule has 8 heteroatoms. The molecule has 2 aliphatic heterocycles. The number of hydrogen-bond acceptors (Lipinski definition) is 6. The van der Waals surface area contributed by atoms with Gasteiger partial charge in [0.05, 0.1) is 29.8 Å². The quantitative estimate of drug-likeness (QED) is 0.665. The summed E-state index contributed by atoms with van der Waals surface area (Å²) in [5.74, 6) is 0.383. The van der Waals surface area contributed by atoms with Gasteiger partial charge in [-0.2, -0.15) is 10.5 Å². The molecule has 3 aliphatic rings. The second-order valence-corrected chi connectivity index (χ2v) is 8.95. The van der Waals surface area contributed by atoms with E-state index < -0.39 is 6.04 Å². The molecular weight excluding hydrogens is 392 g/mol. The van der Waals surface area contributed by atoms with E-state index in [1.165, 1.54) is 0 Å². The Kier molecular flexibility index (Phi) is 5.95. The number of fused-ring (bicyclic) bond motifs is 2. The van der Waals surface area contributed by atoms with Crippen molar-refractivity contribution < 1.29 is 9.59 Å². The molecule has 3 fully saturated rings. The molecule has 1 aromatic rings. The third kappa shape index (κ3) is 4.27. The minimum absolute atomic E-state index is 0.0744. The van der Waals surface area contributed by atoms with Crippen LogP contribution in [-0.2, 0) is 16.1 Å². The lowest BCUT2D eigenvalue weighted by Crippen LogP contribution is -2.55. The summed E-state index contributed by atoms with van der Waals surface area (Å²) in [6.45, 7) is 1.60. The summed E-state index contributed by atoms with van der Waals surface area (Å²) < 4.78 is 0. The molecule has 162 valence electrons. The second-order valence-electron chi connectivity index (χ2n) is 8.95. The summed E-state index contributed by atoms with van der Waals surface area (Å²) in [6.07, 6.45) is 3.04. The molecular formula is C23H28N6O2. The van der Waals surface area contributed by atoms with Gasteiger partial charge in [-0.3, -0.25) is 14.5 Å². The first-order chi connectivity index (χ1) is 14.9. The number of hydrogen-bond donors (Lipinski definition) is 1. The fourth-order valence-corrected chi connectivity index (χ4v) is 5.10. The van der Waals surface area contributed by atoms with Crippen LogP contribution >= 0.6 is 0 Å². The smallest absolute Gasteiger partial charge is 0.240 e. The number of rotatable bonds is 8. The average molecular weight is 421 g/mol. The van der Waals surface area contributed by atoms with Crippen LogP contribution in [0.15, 0.2) is 24.3 Å². The summed E-state index contributed by atoms with van der Waals surface area (Å²) >= 11 is 0. The van der Waals surface area contributed by atoms with Crippen molar-refractivity contribution >= 4 is 11.8 Å². The normalized spacial score (nSPS) is 27.6. The van der Waals surface area contributed by atoms with Gasteiger partial charge < -0.3 is 15.5 Å². The van der Waals surface area contributed by atoms with Crippen molar-refractivity contribution in [1.82, 2.24) is 14.7 Å². The third-order valence-corrected chi connectivity index (χ3v) is 6.90. The number of amides is 2. The van der Waals surface area contributed by atoms with E-state index >= 15 is 0 Å². The van der Waals surface area contributed by atoms with E-state index in [0.717, 1.165) is 24.8 Å². The molecule has 4 rings (SSSR count). The molecule has 5 atom stereocenters. The monoisotopic (exact) mass is 420 g/mol. The average Bonchev–Trinajstić information content (AvgIpc) is 3.35. The zero-order chi connectivity index (χ0) is 22.1. The predicted octanol–water partition coefficient (Wildman–Crippen LogP) is 0.821. The maximum Gasteiger partial charge on any atom is 0.240 e. The van der Waals surface area contributed by atoms with Crippen molar-refractivity contribution in [3.8, 4) is 12.1 Å². The largest absolute Gasteiger partial charge is 0.341 e. The number of likely N-dealkylation sites (N-methyl/N-ethyl adjacent to an activating group) is 1. The number of nitrogens with two attached hydrogens (primary N) is 1. The topological polar surface area (TPSA) is 117 Å². The van der Waals surface area contributed by atoms with Gasteiger partial charge in [0.25, 0.3) is 0 Å². The molecule has 2 heterocycles. The molecule has 1 aromatic carbocycles. The van der Waals surface area contributed by atoms with E-state index in [9.17, 15) is 9.59 Å². The standard InChI is InChI=1S/C23H28N6O2/c1-27(20-9-17(20)6-3-7-24)22(30)19(26)14-28-13-18-10-21(28)23(31)29(18)12-16-5-2-4-15(8-16)11-25/h2,4-5,8,17-21H,3,6,9-10,12-14,26H2,1H3/t17?,18-,19?,20?,21?/m0/s1. The van der Waals surface area contributed by atoms with Crippen LogP contribution in [-0.4, -0.2) is 70.8 Å². The van der Waals surface area contributed by atoms with E-state index in [4.69, 9.17) is 16.3 Å². The van der Waals surface area contributed by atoms with Gasteiger partial charge >= 0.3 is 0 Å². The van der Waals surface area contributed by atoms with Crippen LogP contribution in [0.1, 0.15) is 36.8 Å². The first kappa shape index (κ1) is 21.3. The third-order valence-electron chi connectivity index (χ3n) is 6.90. The zero-order valence-electron chi connectivity index (χ0n) is 17.8. The first-order valence-corrected chi connectivity index (χ1v) is 10.9. The lowest BCUT2D eigenvalue weighted by molar-refractivity contribution is -0.139. The molecule has 2 amide bonds. The molecule has 8 nitrogen and oxygen atoms in total. The SMILES string of the molecule is CN(C(=O)C(N)CN1C[C@@H]2CC1C(=O)N2Cc1cccc(C#N)c1)C1CC1CCC#N. The van der Waals surface area contributed by atoms with Crippen molar-refractivity contribution in [2.24, 2.45) is 11.7 Å². The van der Waals surface area contributed by atoms with Gasteiger partial charge in [-0.15, -0.1) is 0 Å². The Morgan fingerprint density at radius 2 is 2.16 bits per heavy atom. The highest BCUT2D eigenvalue weighted by Gasteiger charge is 2.50. The highest BCUT2D eigenvalue weighted by atomic mass is 16.2. The van der Waals surface area contributed by atoms with Crippen molar-refractivity contribution in [2.45, 2.75) is 56.4 Å². The molecule has 2 bridgehead atoms. The van der Waals surface area contributed by atoms with Gasteiger partial charge in [0.2, 0.25) is 11.8 Å². The number of piperazine rings is 1. The van der Waals surface area contributed by atoms with Gasteiger partial charge in [0.15, 0.2) is 0 Å². The predicted molar refractivity (Wildman–Crippen MR) is 113 cm³/mol. The van der Waals surface area contributed by atoms with Crippen LogP contribution in [0.2, 0.25) is 0 Å². The van der Waals surface area contributed by atoms with Crippen molar-refractivity contribution in [1.29, 1.82) is 10.5 Å². The number of nitrogens with zero attached hydrogens (tertiary/aromatic N) is 5. The molecule has 31 heavy (non-hydrogen) atoms. The van der Waals surface area contributed by atoms with Crippen LogP contribution in [0.5, 0.6) is 0 Å². The highest BCUT2D eigenvalue weighted by Crippen LogP contribution is 2.39. The summed E-state index contributed by atoms with van der Waals surface area (Å²) in [6, 6.07) is 11.1. The Labute approximate surface area is 182 Å². The number of likely N-dealkylation sites (tertiary alicyclic amines) is 2. The summed E-state index contributed by atoms with van der Waals surface area (Å²) in [5.41, 5.74) is 7.78. The van der Waals surface area contributed by atoms with Crippen LogP contribution in [0, 0.1) is 28.6 Å². The fourth-order valence-electron chi connectivity index (χ4n) is 5.10. The minimum Gasteiger partial charge on any atom is -0.341 e. The van der Waals surface area contributed by atoms with Crippen molar-refractivity contribution in [3.05, 3.63) is 35.4 Å². The Hall–Kier alpha value is -2.94. The van der Waals surface area contributed by atoms with Crippen LogP contribution in [0.3, 0.4) is 0 Å². The van der Waals surface area contributed by atoms with Crippen LogP contribution < -0.4 is 5.73 Å². The summed E-state index contributed by atoms with van der Waals surface area (Å²) in [4.78, 5) is 31.4. The minimum atomic E-state index is -0.657. The van der Waals surface area contributed by atoms with Crippen LogP contribution in [0.25, 0.3) is 0 Å². The van der Waals surface area contributed by atoms with Gasteiger partial charge in [-0.25, -0.2) is 0 Å². The Morgan fingerprint density at radius 3 is 2.87 bits per heavy atom. The molecule has 1 saturated carbocycles. The molecule has 0 aromatic heterocycles. The summed E-state index contributed by atoms with van der Waals surface area (Å²) in [7, 11) is 1.79. The number of nitriles is 2. The number of carbonyl (C=O) groups excluding carboxylic acids is 2. The molecule has 0 spiro atoms. The number of carbonyl (C=O) groups is 2. The van der Waals surface area contributed by atoms with Gasteiger partial charge in [0.1, 0.15) is 0 Å². The van der Waals surface area contributed by atoms with Crippen molar-refractivity contribution in [3.63, 3.8) is 0 Å². The molecule has 0 radical (unpaired) electrons. The van der Waals surface area contributed by atoms with Gasteiger partial charge in [0, 0.05) is 45.2 Å². The molecule has 2 N–H and O–H groups in total. The second kappa shape index (κ2) is 8.66. The first-order valence-electron chi connectivity index (χ1n) is 10.9. The van der Waals surface area contributed by atoms with E-state index in [0.29, 0.717) is 37.5 Å². The maximum atomic E-state index is 12.9. The highest BCUT2D eigenvalue weighted by molar-refractivity contribution is 5.86. The fraction of sp³-hybridized carbons (Fsp3) is 0.565. The molecule has 1 aliphatic carbocycles. The van der Waals surface area contributed by atoms with Gasteiger partial charge in [-0.05, 0) is 42.9 Å². The lowest BCUT2D eigenvalue weighted by atomic mass is 10.1. The van der Waals surface area contributed by atoms with E-state index in [-0.39, 0.29) is 29.9 Å². The Bertz CT molecular complexity index is 950. The lowest BCUT2D eigenvalue weighted by Gasteiger charge is -2.35. The van der Waals surface area contributed by atoms with Gasteiger partial charge in [-0.1, -0.05) is 12.1 Å². The molecule has 4 unspecified atom stereocenters. The molecule has 2 saturated heterocycles. The zero-order valence-corrected chi connectivity index (χ0v) is 17.8. The van der Waals surface area contributed by atoms with E-state index in [1.807, 2.05) is 28.0 Å². The van der Waals surface area contributed by atoms with Crippen LogP contribution in [0.4, 0.5) is 0 Å². The summed E-state index contributed by atoms with van der Waals surface area (Å²) in [5, 5.41) is 17.8. The van der Waals surface area contributed by atoms with E-state index in [2.05, 4.69) is 12.1 Å². The maximum absolute atomic E-state index is 12.9. The Balaban J connectivity index is 1.30.